The molecule has 2 saturated carbocycles. The van der Waals surface area contributed by atoms with Gasteiger partial charge in [0.2, 0.25) is 0 Å². The monoisotopic (exact) mass is 254 g/mol. The second-order valence-electron chi connectivity index (χ2n) is 5.90. The fourth-order valence-corrected chi connectivity index (χ4v) is 3.23. The summed E-state index contributed by atoms with van der Waals surface area (Å²) < 4.78 is 0. The summed E-state index contributed by atoms with van der Waals surface area (Å²) in [5.74, 6) is 0.451. The number of aliphatic hydroxyl groups is 1. The molecule has 2 amide bonds. The zero-order chi connectivity index (χ0) is 13.0. The largest absolute Gasteiger partial charge is 0.396 e. The van der Waals surface area contributed by atoms with Crippen molar-refractivity contribution in [2.24, 2.45) is 5.92 Å². The van der Waals surface area contributed by atoms with Crippen molar-refractivity contribution in [3.05, 3.63) is 0 Å². The first-order valence-corrected chi connectivity index (χ1v) is 7.35. The van der Waals surface area contributed by atoms with E-state index in [9.17, 15) is 4.79 Å². The van der Waals surface area contributed by atoms with Crippen molar-refractivity contribution in [1.29, 1.82) is 0 Å². The molecule has 0 aromatic heterocycles. The van der Waals surface area contributed by atoms with Gasteiger partial charge in [-0.2, -0.15) is 0 Å². The molecule has 4 heteroatoms. The molecule has 2 aliphatic carbocycles. The maximum atomic E-state index is 12.1. The van der Waals surface area contributed by atoms with E-state index in [-0.39, 0.29) is 6.03 Å². The SMILES string of the molecule is CN(C(=O)NC1CCCC1)C1CCC(CO)CC1. The molecule has 4 nitrogen and oxygen atoms in total. The Hall–Kier alpha value is -0.770. The molecule has 2 aliphatic rings. The first kappa shape index (κ1) is 13.7. The van der Waals surface area contributed by atoms with Crippen LogP contribution in [0.15, 0.2) is 0 Å². The van der Waals surface area contributed by atoms with Crippen LogP contribution in [0.4, 0.5) is 4.79 Å². The van der Waals surface area contributed by atoms with Gasteiger partial charge in [0.05, 0.1) is 0 Å². The summed E-state index contributed by atoms with van der Waals surface area (Å²) >= 11 is 0. The lowest BCUT2D eigenvalue weighted by Crippen LogP contribution is -2.47. The van der Waals surface area contributed by atoms with Crippen LogP contribution in [0.2, 0.25) is 0 Å². The van der Waals surface area contributed by atoms with Crippen molar-refractivity contribution in [2.45, 2.75) is 63.5 Å². The number of carbonyl (C=O) groups is 1. The number of rotatable bonds is 3. The van der Waals surface area contributed by atoms with Gasteiger partial charge in [0.15, 0.2) is 0 Å². The van der Waals surface area contributed by atoms with E-state index in [0.29, 0.717) is 24.6 Å². The van der Waals surface area contributed by atoms with Crippen LogP contribution in [0.1, 0.15) is 51.4 Å². The highest BCUT2D eigenvalue weighted by molar-refractivity contribution is 5.74. The first-order valence-electron chi connectivity index (χ1n) is 7.35. The predicted molar refractivity (Wildman–Crippen MR) is 71.4 cm³/mol. The summed E-state index contributed by atoms with van der Waals surface area (Å²) in [6, 6.07) is 0.845. The lowest BCUT2D eigenvalue weighted by atomic mass is 9.86. The van der Waals surface area contributed by atoms with E-state index in [1.165, 1.54) is 12.8 Å². The molecule has 104 valence electrons. The highest BCUT2D eigenvalue weighted by Gasteiger charge is 2.27. The van der Waals surface area contributed by atoms with Gasteiger partial charge in [-0.15, -0.1) is 0 Å². The zero-order valence-electron chi connectivity index (χ0n) is 11.4. The molecule has 0 aromatic carbocycles. The van der Waals surface area contributed by atoms with Gasteiger partial charge in [-0.1, -0.05) is 12.8 Å². The number of hydrogen-bond donors (Lipinski definition) is 2. The molecule has 0 atom stereocenters. The van der Waals surface area contributed by atoms with Crippen molar-refractivity contribution in [1.82, 2.24) is 10.2 Å². The van der Waals surface area contributed by atoms with Crippen molar-refractivity contribution >= 4 is 6.03 Å². The Kier molecular flexibility index (Phi) is 4.87. The summed E-state index contributed by atoms with van der Waals surface area (Å²) in [6.45, 7) is 0.296. The molecule has 18 heavy (non-hydrogen) atoms. The molecular formula is C14H26N2O2. The molecule has 2 rings (SSSR count). The topological polar surface area (TPSA) is 52.6 Å². The van der Waals surface area contributed by atoms with E-state index in [4.69, 9.17) is 5.11 Å². The number of amides is 2. The third-order valence-corrected chi connectivity index (χ3v) is 4.63. The van der Waals surface area contributed by atoms with Crippen molar-refractivity contribution in [3.63, 3.8) is 0 Å². The molecule has 0 heterocycles. The van der Waals surface area contributed by atoms with Crippen molar-refractivity contribution in [3.8, 4) is 0 Å². The molecule has 0 aliphatic heterocycles. The van der Waals surface area contributed by atoms with Gasteiger partial charge in [-0.3, -0.25) is 0 Å². The Morgan fingerprint density at radius 3 is 2.33 bits per heavy atom. The Morgan fingerprint density at radius 1 is 1.17 bits per heavy atom. The van der Waals surface area contributed by atoms with E-state index in [0.717, 1.165) is 38.5 Å². The highest BCUT2D eigenvalue weighted by atomic mass is 16.3. The van der Waals surface area contributed by atoms with Gasteiger partial charge in [-0.05, 0) is 44.4 Å². The Bertz CT molecular complexity index is 269. The van der Waals surface area contributed by atoms with E-state index >= 15 is 0 Å². The average molecular weight is 254 g/mol. The van der Waals surface area contributed by atoms with Crippen LogP contribution in [0.25, 0.3) is 0 Å². The third-order valence-electron chi connectivity index (χ3n) is 4.63. The summed E-state index contributed by atoms with van der Waals surface area (Å²) in [6.07, 6.45) is 8.91. The summed E-state index contributed by atoms with van der Waals surface area (Å²) in [4.78, 5) is 14.0. The molecule has 0 radical (unpaired) electrons. The van der Waals surface area contributed by atoms with Crippen LogP contribution in [0.3, 0.4) is 0 Å². The standard InChI is InChI=1S/C14H26N2O2/c1-16(13-8-6-11(10-17)7-9-13)14(18)15-12-4-2-3-5-12/h11-13,17H,2-10H2,1H3,(H,15,18). The van der Waals surface area contributed by atoms with Gasteiger partial charge in [0, 0.05) is 25.7 Å². The van der Waals surface area contributed by atoms with Crippen molar-refractivity contribution < 1.29 is 9.90 Å². The van der Waals surface area contributed by atoms with Crippen LogP contribution in [-0.2, 0) is 0 Å². The molecule has 0 aromatic rings. The number of carbonyl (C=O) groups excluding carboxylic acids is 1. The van der Waals surface area contributed by atoms with Gasteiger partial charge in [-0.25, -0.2) is 4.79 Å². The van der Waals surface area contributed by atoms with E-state index in [1.54, 1.807) is 0 Å². The molecule has 2 fully saturated rings. The maximum Gasteiger partial charge on any atom is 0.317 e. The Labute approximate surface area is 110 Å². The van der Waals surface area contributed by atoms with Crippen LogP contribution < -0.4 is 5.32 Å². The minimum absolute atomic E-state index is 0.0920. The smallest absolute Gasteiger partial charge is 0.317 e. The fourth-order valence-electron chi connectivity index (χ4n) is 3.23. The maximum absolute atomic E-state index is 12.1. The average Bonchev–Trinajstić information content (AvgIpc) is 2.91. The van der Waals surface area contributed by atoms with Crippen LogP contribution in [-0.4, -0.2) is 41.8 Å². The second kappa shape index (κ2) is 6.41. The summed E-state index contributed by atoms with van der Waals surface area (Å²) in [5, 5.41) is 12.3. The number of nitrogens with one attached hydrogen (secondary N) is 1. The van der Waals surface area contributed by atoms with Gasteiger partial charge in [0.1, 0.15) is 0 Å². The summed E-state index contributed by atoms with van der Waals surface area (Å²) in [5.41, 5.74) is 0. The first-order chi connectivity index (χ1) is 8.70. The van der Waals surface area contributed by atoms with Gasteiger partial charge in [0.25, 0.3) is 0 Å². The van der Waals surface area contributed by atoms with E-state index < -0.39 is 0 Å². The number of nitrogens with zero attached hydrogens (tertiary/aromatic N) is 1. The van der Waals surface area contributed by atoms with Gasteiger partial charge < -0.3 is 15.3 Å². The van der Waals surface area contributed by atoms with Crippen LogP contribution in [0.5, 0.6) is 0 Å². The number of hydrogen-bond acceptors (Lipinski definition) is 2. The molecule has 0 unspecified atom stereocenters. The Balaban J connectivity index is 1.76. The quantitative estimate of drug-likeness (QED) is 0.810. The lowest BCUT2D eigenvalue weighted by molar-refractivity contribution is 0.132. The van der Waals surface area contributed by atoms with Gasteiger partial charge >= 0.3 is 6.03 Å². The molecule has 0 bridgehead atoms. The minimum Gasteiger partial charge on any atom is -0.396 e. The number of aliphatic hydroxyl groups excluding tert-OH is 1. The fraction of sp³-hybridized carbons (Fsp3) is 0.929. The third kappa shape index (κ3) is 3.37. The zero-order valence-corrected chi connectivity index (χ0v) is 11.4. The molecular weight excluding hydrogens is 228 g/mol. The lowest BCUT2D eigenvalue weighted by Gasteiger charge is -2.34. The molecule has 0 saturated heterocycles. The highest BCUT2D eigenvalue weighted by Crippen LogP contribution is 2.27. The van der Waals surface area contributed by atoms with E-state index in [2.05, 4.69) is 5.32 Å². The molecule has 0 spiro atoms. The Morgan fingerprint density at radius 2 is 1.78 bits per heavy atom. The van der Waals surface area contributed by atoms with Crippen molar-refractivity contribution in [2.75, 3.05) is 13.7 Å². The van der Waals surface area contributed by atoms with E-state index in [1.807, 2.05) is 11.9 Å². The predicted octanol–water partition coefficient (Wildman–Crippen LogP) is 2.12. The summed E-state index contributed by atoms with van der Waals surface area (Å²) in [7, 11) is 1.91. The van der Waals surface area contributed by atoms with Crippen LogP contribution >= 0.6 is 0 Å². The minimum atomic E-state index is 0.0920. The van der Waals surface area contributed by atoms with Crippen LogP contribution in [0, 0.1) is 5.92 Å². The number of urea groups is 1. The normalized spacial score (nSPS) is 29.2. The molecule has 2 N–H and O–H groups in total. The second-order valence-corrected chi connectivity index (χ2v) is 5.90.